The summed E-state index contributed by atoms with van der Waals surface area (Å²) in [6, 6.07) is 7.79. The summed E-state index contributed by atoms with van der Waals surface area (Å²) in [6.07, 6.45) is 2.52. The lowest BCUT2D eigenvalue weighted by molar-refractivity contribution is -0.120. The quantitative estimate of drug-likeness (QED) is 0.509. The van der Waals surface area contributed by atoms with E-state index >= 15 is 0 Å². The lowest BCUT2D eigenvalue weighted by Gasteiger charge is -2.19. The van der Waals surface area contributed by atoms with E-state index in [2.05, 4.69) is 16.0 Å². The molecule has 0 unspecified atom stereocenters. The Labute approximate surface area is 154 Å². The van der Waals surface area contributed by atoms with Crippen LogP contribution in [0.3, 0.4) is 0 Å². The minimum Gasteiger partial charge on any atom is -0.444 e. The highest BCUT2D eigenvalue weighted by molar-refractivity contribution is 5.91. The van der Waals surface area contributed by atoms with Crippen molar-refractivity contribution in [2.75, 3.05) is 19.6 Å². The molecule has 142 valence electrons. The average Bonchev–Trinajstić information content (AvgIpc) is 2.53. The number of alkyl carbamates (subject to hydrolysis) is 1. The fourth-order valence-corrected chi connectivity index (χ4v) is 1.92. The molecule has 0 fully saturated rings. The van der Waals surface area contributed by atoms with Gasteiger partial charge in [0.05, 0.1) is 6.54 Å². The van der Waals surface area contributed by atoms with Gasteiger partial charge in [0, 0.05) is 19.2 Å². The molecule has 0 heterocycles. The normalized spacial score (nSPS) is 11.1. The van der Waals surface area contributed by atoms with Crippen molar-refractivity contribution < 1.29 is 19.1 Å². The van der Waals surface area contributed by atoms with E-state index in [-0.39, 0.29) is 31.4 Å². The first kappa shape index (κ1) is 21.2. The zero-order valence-electron chi connectivity index (χ0n) is 15.7. The molecule has 0 spiro atoms. The second-order valence-corrected chi connectivity index (χ2v) is 6.74. The summed E-state index contributed by atoms with van der Waals surface area (Å²) in [4.78, 5) is 34.7. The van der Waals surface area contributed by atoms with Gasteiger partial charge < -0.3 is 20.7 Å². The first-order valence-electron chi connectivity index (χ1n) is 8.42. The predicted octanol–water partition coefficient (Wildman–Crippen LogP) is 1.77. The number of rotatable bonds is 7. The van der Waals surface area contributed by atoms with E-state index < -0.39 is 11.7 Å². The van der Waals surface area contributed by atoms with Crippen LogP contribution in [0.25, 0.3) is 6.08 Å². The molecule has 1 aromatic rings. The largest absolute Gasteiger partial charge is 0.444 e. The maximum absolute atomic E-state index is 11.7. The van der Waals surface area contributed by atoms with Gasteiger partial charge in [0.2, 0.25) is 11.8 Å². The molecule has 0 aliphatic rings. The number of hydrogen-bond donors (Lipinski definition) is 3. The van der Waals surface area contributed by atoms with Crippen molar-refractivity contribution in [1.29, 1.82) is 0 Å². The molecule has 0 atom stereocenters. The molecule has 1 aromatic carbocycles. The minimum absolute atomic E-state index is 0.184. The van der Waals surface area contributed by atoms with Gasteiger partial charge in [-0.3, -0.25) is 9.59 Å². The van der Waals surface area contributed by atoms with Crippen LogP contribution in [0.4, 0.5) is 4.79 Å². The first-order chi connectivity index (χ1) is 12.2. The van der Waals surface area contributed by atoms with E-state index in [0.717, 1.165) is 11.1 Å². The van der Waals surface area contributed by atoms with Crippen molar-refractivity contribution in [2.45, 2.75) is 33.3 Å². The van der Waals surface area contributed by atoms with Crippen LogP contribution in [0.5, 0.6) is 0 Å². The molecular weight excluding hydrogens is 334 g/mol. The Balaban J connectivity index is 2.18. The molecule has 0 saturated heterocycles. The highest BCUT2D eigenvalue weighted by atomic mass is 16.6. The second-order valence-electron chi connectivity index (χ2n) is 6.74. The lowest BCUT2D eigenvalue weighted by atomic mass is 10.1. The summed E-state index contributed by atoms with van der Waals surface area (Å²) in [5.41, 5.74) is 1.45. The molecule has 26 heavy (non-hydrogen) atoms. The first-order valence-corrected chi connectivity index (χ1v) is 8.42. The summed E-state index contributed by atoms with van der Waals surface area (Å²) in [5, 5.41) is 7.62. The maximum atomic E-state index is 11.7. The Bertz CT molecular complexity index is 663. The highest BCUT2D eigenvalue weighted by Crippen LogP contribution is 2.06. The second kappa shape index (κ2) is 10.2. The molecule has 0 radical (unpaired) electrons. The van der Waals surface area contributed by atoms with Crippen molar-refractivity contribution in [3.8, 4) is 0 Å². The number of ether oxygens (including phenoxy) is 1. The van der Waals surface area contributed by atoms with Crippen molar-refractivity contribution in [3.05, 3.63) is 41.5 Å². The number of carbonyl (C=O) groups excluding carboxylic acids is 3. The molecule has 0 saturated carbocycles. The third-order valence-electron chi connectivity index (χ3n) is 3.01. The molecule has 0 aliphatic carbocycles. The summed E-state index contributed by atoms with van der Waals surface area (Å²) in [6.45, 7) is 7.57. The van der Waals surface area contributed by atoms with Gasteiger partial charge in [-0.15, -0.1) is 0 Å². The van der Waals surface area contributed by atoms with Crippen LogP contribution in [-0.4, -0.2) is 43.1 Å². The van der Waals surface area contributed by atoms with Gasteiger partial charge in [0.1, 0.15) is 5.60 Å². The molecule has 0 aromatic heterocycles. The van der Waals surface area contributed by atoms with Gasteiger partial charge in [0.15, 0.2) is 0 Å². The Hall–Kier alpha value is -2.83. The Morgan fingerprint density at radius 3 is 2.42 bits per heavy atom. The molecule has 3 N–H and O–H groups in total. The predicted molar refractivity (Wildman–Crippen MR) is 100 cm³/mol. The van der Waals surface area contributed by atoms with Gasteiger partial charge in [-0.25, -0.2) is 4.79 Å². The number of nitrogens with one attached hydrogen (secondary N) is 3. The average molecular weight is 361 g/mol. The fourth-order valence-electron chi connectivity index (χ4n) is 1.92. The zero-order chi connectivity index (χ0) is 19.6. The van der Waals surface area contributed by atoms with Gasteiger partial charge >= 0.3 is 6.09 Å². The van der Waals surface area contributed by atoms with Gasteiger partial charge in [-0.05, 0) is 39.3 Å². The molecule has 7 nitrogen and oxygen atoms in total. The Kier molecular flexibility index (Phi) is 8.34. The number of aryl methyl sites for hydroxylation is 1. The summed E-state index contributed by atoms with van der Waals surface area (Å²) < 4.78 is 5.02. The van der Waals surface area contributed by atoms with Crippen LogP contribution >= 0.6 is 0 Å². The Morgan fingerprint density at radius 2 is 1.77 bits per heavy atom. The van der Waals surface area contributed by atoms with Crippen molar-refractivity contribution in [2.24, 2.45) is 0 Å². The molecule has 0 bridgehead atoms. The van der Waals surface area contributed by atoms with Crippen molar-refractivity contribution >= 4 is 24.0 Å². The minimum atomic E-state index is -0.651. The number of hydrogen-bond acceptors (Lipinski definition) is 4. The highest BCUT2D eigenvalue weighted by Gasteiger charge is 2.16. The standard InChI is InChI=1S/C19H27N3O4/c1-14-6-5-7-15(12-14)8-9-16(23)20-10-11-21-17(24)13-22-18(25)26-19(2,3)4/h5-9,12H,10-11,13H2,1-4H3,(H,20,23)(H,21,24)(H,22,25)/b9-8+. The van der Waals surface area contributed by atoms with Crippen LogP contribution in [0, 0.1) is 6.92 Å². The van der Waals surface area contributed by atoms with E-state index in [1.165, 1.54) is 6.08 Å². The van der Waals surface area contributed by atoms with E-state index in [9.17, 15) is 14.4 Å². The summed E-state index contributed by atoms with van der Waals surface area (Å²) in [5.74, 6) is -0.604. The van der Waals surface area contributed by atoms with Gasteiger partial charge in [-0.2, -0.15) is 0 Å². The van der Waals surface area contributed by atoms with Crippen LogP contribution in [0.15, 0.2) is 30.3 Å². The maximum Gasteiger partial charge on any atom is 0.408 e. The van der Waals surface area contributed by atoms with Gasteiger partial charge in [0.25, 0.3) is 0 Å². The molecule has 1 rings (SSSR count). The van der Waals surface area contributed by atoms with Crippen LogP contribution < -0.4 is 16.0 Å². The van der Waals surface area contributed by atoms with Crippen LogP contribution in [0.1, 0.15) is 31.9 Å². The number of amides is 3. The Morgan fingerprint density at radius 1 is 1.08 bits per heavy atom. The molecule has 0 aliphatic heterocycles. The van der Waals surface area contributed by atoms with Crippen LogP contribution in [0.2, 0.25) is 0 Å². The van der Waals surface area contributed by atoms with E-state index in [0.29, 0.717) is 0 Å². The topological polar surface area (TPSA) is 96.5 Å². The van der Waals surface area contributed by atoms with E-state index in [4.69, 9.17) is 4.74 Å². The van der Waals surface area contributed by atoms with E-state index in [1.54, 1.807) is 26.8 Å². The van der Waals surface area contributed by atoms with E-state index in [1.807, 2.05) is 31.2 Å². The third kappa shape index (κ3) is 10.1. The zero-order valence-corrected chi connectivity index (χ0v) is 15.7. The smallest absolute Gasteiger partial charge is 0.408 e. The molecular formula is C19H27N3O4. The number of carbonyl (C=O) groups is 3. The number of benzene rings is 1. The van der Waals surface area contributed by atoms with Crippen LogP contribution in [-0.2, 0) is 14.3 Å². The fraction of sp³-hybridized carbons (Fsp3) is 0.421. The molecule has 3 amide bonds. The SMILES string of the molecule is Cc1cccc(/C=C/C(=O)NCCNC(=O)CNC(=O)OC(C)(C)C)c1. The lowest BCUT2D eigenvalue weighted by Crippen LogP contribution is -2.41. The monoisotopic (exact) mass is 361 g/mol. The third-order valence-corrected chi connectivity index (χ3v) is 3.01. The summed E-state index contributed by atoms with van der Waals surface area (Å²) in [7, 11) is 0. The van der Waals surface area contributed by atoms with Crippen molar-refractivity contribution in [1.82, 2.24) is 16.0 Å². The van der Waals surface area contributed by atoms with Crippen molar-refractivity contribution in [3.63, 3.8) is 0 Å². The molecule has 7 heteroatoms. The summed E-state index contributed by atoms with van der Waals surface area (Å²) >= 11 is 0. The van der Waals surface area contributed by atoms with Gasteiger partial charge in [-0.1, -0.05) is 29.8 Å².